The Labute approximate surface area is 134 Å². The van der Waals surface area contributed by atoms with E-state index in [1.807, 2.05) is 0 Å². The first-order valence-corrected chi connectivity index (χ1v) is 6.90. The van der Waals surface area contributed by atoms with Gasteiger partial charge in [0.25, 0.3) is 0 Å². The Morgan fingerprint density at radius 3 is 2.00 bits per heavy atom. The SMILES string of the molecule is COc1cc(C(=O)/C=C/c2ccc(O)cc2)cc(OC)c1OC. The molecule has 0 heterocycles. The van der Waals surface area contributed by atoms with Gasteiger partial charge >= 0.3 is 0 Å². The average Bonchev–Trinajstić information content (AvgIpc) is 2.59. The molecule has 120 valence electrons. The number of hydrogen-bond acceptors (Lipinski definition) is 5. The zero-order valence-corrected chi connectivity index (χ0v) is 13.2. The average molecular weight is 314 g/mol. The van der Waals surface area contributed by atoms with Crippen molar-refractivity contribution in [3.8, 4) is 23.0 Å². The van der Waals surface area contributed by atoms with Crippen LogP contribution < -0.4 is 14.2 Å². The number of ether oxygens (including phenoxy) is 3. The van der Waals surface area contributed by atoms with Gasteiger partial charge in [-0.3, -0.25) is 4.79 Å². The van der Waals surface area contributed by atoms with Crippen LogP contribution in [0.1, 0.15) is 15.9 Å². The van der Waals surface area contributed by atoms with Crippen LogP contribution in [-0.4, -0.2) is 32.2 Å². The van der Waals surface area contributed by atoms with E-state index in [0.29, 0.717) is 22.8 Å². The predicted octanol–water partition coefficient (Wildman–Crippen LogP) is 3.31. The zero-order chi connectivity index (χ0) is 16.8. The number of aromatic hydroxyl groups is 1. The molecule has 0 aliphatic carbocycles. The maximum atomic E-state index is 12.3. The van der Waals surface area contributed by atoms with E-state index in [1.54, 1.807) is 42.5 Å². The van der Waals surface area contributed by atoms with Crippen molar-refractivity contribution >= 4 is 11.9 Å². The highest BCUT2D eigenvalue weighted by atomic mass is 16.5. The lowest BCUT2D eigenvalue weighted by molar-refractivity contribution is 0.104. The summed E-state index contributed by atoms with van der Waals surface area (Å²) in [5, 5.41) is 9.25. The van der Waals surface area contributed by atoms with Crippen molar-refractivity contribution in [1.82, 2.24) is 0 Å². The molecule has 0 amide bonds. The van der Waals surface area contributed by atoms with Crippen LogP contribution in [0.3, 0.4) is 0 Å². The Bertz CT molecular complexity index is 692. The molecule has 0 aliphatic rings. The summed E-state index contributed by atoms with van der Waals surface area (Å²) >= 11 is 0. The van der Waals surface area contributed by atoms with Crippen molar-refractivity contribution in [2.45, 2.75) is 0 Å². The molecule has 5 heteroatoms. The summed E-state index contributed by atoms with van der Waals surface area (Å²) < 4.78 is 15.7. The molecule has 0 saturated heterocycles. The predicted molar refractivity (Wildman–Crippen MR) is 87.6 cm³/mol. The van der Waals surface area contributed by atoms with Crippen molar-refractivity contribution in [2.24, 2.45) is 0 Å². The van der Waals surface area contributed by atoms with Crippen molar-refractivity contribution in [3.05, 3.63) is 53.6 Å². The summed E-state index contributed by atoms with van der Waals surface area (Å²) in [5.41, 5.74) is 1.23. The third kappa shape index (κ3) is 3.83. The van der Waals surface area contributed by atoms with Crippen molar-refractivity contribution in [3.63, 3.8) is 0 Å². The third-order valence-corrected chi connectivity index (χ3v) is 3.27. The molecular formula is C18H18O5. The number of ketones is 1. The summed E-state index contributed by atoms with van der Waals surface area (Å²) in [6.07, 6.45) is 3.12. The Balaban J connectivity index is 2.30. The van der Waals surface area contributed by atoms with E-state index >= 15 is 0 Å². The maximum Gasteiger partial charge on any atom is 0.203 e. The number of carbonyl (C=O) groups is 1. The van der Waals surface area contributed by atoms with Crippen LogP contribution in [0.25, 0.3) is 6.08 Å². The number of carbonyl (C=O) groups excluding carboxylic acids is 1. The first kappa shape index (κ1) is 16.4. The molecule has 0 unspecified atom stereocenters. The fourth-order valence-corrected chi connectivity index (χ4v) is 2.08. The lowest BCUT2D eigenvalue weighted by Gasteiger charge is -2.13. The molecule has 23 heavy (non-hydrogen) atoms. The van der Waals surface area contributed by atoms with Gasteiger partial charge in [-0.2, -0.15) is 0 Å². The van der Waals surface area contributed by atoms with Gasteiger partial charge in [0.15, 0.2) is 17.3 Å². The Kier molecular flexibility index (Phi) is 5.25. The van der Waals surface area contributed by atoms with Crippen LogP contribution in [0.5, 0.6) is 23.0 Å². The minimum atomic E-state index is -0.197. The summed E-state index contributed by atoms with van der Waals surface area (Å²) in [6.45, 7) is 0. The van der Waals surface area contributed by atoms with Crippen LogP contribution in [0, 0.1) is 0 Å². The van der Waals surface area contributed by atoms with Gasteiger partial charge in [0, 0.05) is 5.56 Å². The van der Waals surface area contributed by atoms with Gasteiger partial charge in [0.2, 0.25) is 5.75 Å². The molecule has 2 rings (SSSR count). The molecule has 0 aromatic heterocycles. The monoisotopic (exact) mass is 314 g/mol. The van der Waals surface area contributed by atoms with Gasteiger partial charge in [-0.15, -0.1) is 0 Å². The van der Waals surface area contributed by atoms with E-state index in [2.05, 4.69) is 0 Å². The highest BCUT2D eigenvalue weighted by Gasteiger charge is 2.15. The molecule has 1 N–H and O–H groups in total. The number of methoxy groups -OCH3 is 3. The molecule has 0 bridgehead atoms. The minimum absolute atomic E-state index is 0.179. The highest BCUT2D eigenvalue weighted by molar-refractivity contribution is 6.07. The molecule has 2 aromatic rings. The molecule has 2 aromatic carbocycles. The first-order chi connectivity index (χ1) is 11.1. The summed E-state index contributed by atoms with van der Waals surface area (Å²) in [5.74, 6) is 1.27. The second-order valence-corrected chi connectivity index (χ2v) is 4.70. The van der Waals surface area contributed by atoms with Crippen LogP contribution in [0.2, 0.25) is 0 Å². The van der Waals surface area contributed by atoms with Gasteiger partial charge in [-0.25, -0.2) is 0 Å². The van der Waals surface area contributed by atoms with Crippen LogP contribution in [-0.2, 0) is 0 Å². The number of hydrogen-bond donors (Lipinski definition) is 1. The number of phenolic OH excluding ortho intramolecular Hbond substituents is 1. The normalized spacial score (nSPS) is 10.6. The Hall–Kier alpha value is -2.95. The lowest BCUT2D eigenvalue weighted by atomic mass is 10.1. The van der Waals surface area contributed by atoms with Crippen LogP contribution in [0.15, 0.2) is 42.5 Å². The van der Waals surface area contributed by atoms with Gasteiger partial charge in [0.1, 0.15) is 5.75 Å². The topological polar surface area (TPSA) is 65.0 Å². The molecule has 0 atom stereocenters. The van der Waals surface area contributed by atoms with Gasteiger partial charge in [-0.1, -0.05) is 18.2 Å². The number of benzene rings is 2. The molecular weight excluding hydrogens is 296 g/mol. The fraction of sp³-hybridized carbons (Fsp3) is 0.167. The fourth-order valence-electron chi connectivity index (χ4n) is 2.08. The van der Waals surface area contributed by atoms with Crippen molar-refractivity contribution in [2.75, 3.05) is 21.3 Å². The van der Waals surface area contributed by atoms with Gasteiger partial charge in [0.05, 0.1) is 21.3 Å². The van der Waals surface area contributed by atoms with Crippen LogP contribution in [0.4, 0.5) is 0 Å². The van der Waals surface area contributed by atoms with E-state index in [9.17, 15) is 9.90 Å². The van der Waals surface area contributed by atoms with Gasteiger partial charge in [-0.05, 0) is 35.9 Å². The standard InChI is InChI=1S/C18H18O5/c1-21-16-10-13(11-17(22-2)18(16)23-3)15(20)9-6-12-4-7-14(19)8-5-12/h4-11,19H,1-3H3/b9-6+. The molecule has 0 radical (unpaired) electrons. The zero-order valence-electron chi connectivity index (χ0n) is 13.2. The quantitative estimate of drug-likeness (QED) is 0.654. The van der Waals surface area contributed by atoms with Crippen LogP contribution >= 0.6 is 0 Å². The summed E-state index contributed by atoms with van der Waals surface area (Å²) in [7, 11) is 4.50. The smallest absolute Gasteiger partial charge is 0.203 e. The lowest BCUT2D eigenvalue weighted by Crippen LogP contribution is -2.00. The molecule has 0 aliphatic heterocycles. The second-order valence-electron chi connectivity index (χ2n) is 4.70. The molecule has 5 nitrogen and oxygen atoms in total. The third-order valence-electron chi connectivity index (χ3n) is 3.27. The summed E-state index contributed by atoms with van der Waals surface area (Å²) in [6, 6.07) is 9.76. The minimum Gasteiger partial charge on any atom is -0.508 e. The summed E-state index contributed by atoms with van der Waals surface area (Å²) in [4.78, 5) is 12.3. The van der Waals surface area contributed by atoms with E-state index < -0.39 is 0 Å². The Morgan fingerprint density at radius 2 is 1.52 bits per heavy atom. The van der Waals surface area contributed by atoms with Crippen molar-refractivity contribution < 1.29 is 24.1 Å². The Morgan fingerprint density at radius 1 is 0.957 bits per heavy atom. The second kappa shape index (κ2) is 7.35. The van der Waals surface area contributed by atoms with Gasteiger partial charge < -0.3 is 19.3 Å². The largest absolute Gasteiger partial charge is 0.508 e. The highest BCUT2D eigenvalue weighted by Crippen LogP contribution is 2.38. The van der Waals surface area contributed by atoms with E-state index in [0.717, 1.165) is 5.56 Å². The van der Waals surface area contributed by atoms with Crippen molar-refractivity contribution in [1.29, 1.82) is 0 Å². The first-order valence-electron chi connectivity index (χ1n) is 6.90. The molecule has 0 fully saturated rings. The number of phenols is 1. The maximum absolute atomic E-state index is 12.3. The van der Waals surface area contributed by atoms with E-state index in [1.165, 1.54) is 27.4 Å². The number of rotatable bonds is 6. The number of allylic oxidation sites excluding steroid dienone is 1. The van der Waals surface area contributed by atoms with E-state index in [4.69, 9.17) is 14.2 Å². The molecule has 0 saturated carbocycles. The molecule has 0 spiro atoms. The van der Waals surface area contributed by atoms with E-state index in [-0.39, 0.29) is 11.5 Å².